The van der Waals surface area contributed by atoms with Crippen LogP contribution in [0, 0.1) is 11.3 Å². The lowest BCUT2D eigenvalue weighted by molar-refractivity contribution is -0.137. The number of aromatic nitrogens is 1. The number of likely N-dealkylation sites (tertiary alicyclic amines) is 1. The second-order valence-electron chi connectivity index (χ2n) is 8.01. The van der Waals surface area contributed by atoms with Gasteiger partial charge in [-0.25, -0.2) is 0 Å². The number of hydrogen-bond acceptors (Lipinski definition) is 5. The number of benzene rings is 2. The maximum absolute atomic E-state index is 13.5. The molecule has 1 amide bonds. The van der Waals surface area contributed by atoms with Crippen LogP contribution >= 0.6 is 11.3 Å². The van der Waals surface area contributed by atoms with Crippen molar-refractivity contribution in [3.05, 3.63) is 79.2 Å². The number of amides is 1. The fourth-order valence-electron chi connectivity index (χ4n) is 3.92. The number of carbonyl (C=O) groups excluding carboxylic acids is 1. The molecular weight excluding hydrogens is 517 g/mol. The van der Waals surface area contributed by atoms with Gasteiger partial charge in [0.15, 0.2) is 5.57 Å². The maximum Gasteiger partial charge on any atom is 0.416 e. The lowest BCUT2D eigenvalue weighted by Crippen LogP contribution is -2.35. The second kappa shape index (κ2) is 10.6. The van der Waals surface area contributed by atoms with Crippen LogP contribution in [0.2, 0.25) is 0 Å². The predicted octanol–water partition coefficient (Wildman–Crippen LogP) is 3.64. The molecule has 0 unspecified atom stereocenters. The Hall–Kier alpha value is -3.98. The number of ether oxygens (including phenoxy) is 1. The third-order valence-electron chi connectivity index (χ3n) is 5.61. The van der Waals surface area contributed by atoms with Crippen LogP contribution in [0.4, 0.5) is 22.0 Å². The molecule has 0 atom stereocenters. The summed E-state index contributed by atoms with van der Waals surface area (Å²) in [4.78, 5) is 28.0. The van der Waals surface area contributed by atoms with Crippen molar-refractivity contribution in [1.82, 2.24) is 9.47 Å². The highest BCUT2D eigenvalue weighted by Gasteiger charge is 2.31. The third kappa shape index (κ3) is 5.56. The normalized spacial score (nSPS) is 15.2. The van der Waals surface area contributed by atoms with Gasteiger partial charge < -0.3 is 9.64 Å². The van der Waals surface area contributed by atoms with Gasteiger partial charge in [-0.15, -0.1) is 11.3 Å². The van der Waals surface area contributed by atoms with Gasteiger partial charge in [0.1, 0.15) is 16.5 Å². The number of rotatable bonds is 5. The first-order valence-corrected chi connectivity index (χ1v) is 11.8. The molecule has 2 heterocycles. The van der Waals surface area contributed by atoms with Gasteiger partial charge in [0.05, 0.1) is 15.8 Å². The molecule has 37 heavy (non-hydrogen) atoms. The van der Waals surface area contributed by atoms with Gasteiger partial charge >= 0.3 is 12.8 Å². The van der Waals surface area contributed by atoms with E-state index in [1.54, 1.807) is 0 Å². The van der Waals surface area contributed by atoms with E-state index < -0.39 is 35.4 Å². The summed E-state index contributed by atoms with van der Waals surface area (Å²) in [6.45, 7) is -2.33. The van der Waals surface area contributed by atoms with Crippen LogP contribution in [0.3, 0.4) is 0 Å². The SMILES string of the molecule is N#C/C(C(=O)N1CCCC1)=c1\s/c(=C/c2ccccc2OC(F)F)c(=O)n1-c1cccc(C(F)(F)F)c1. The van der Waals surface area contributed by atoms with Gasteiger partial charge in [0, 0.05) is 18.7 Å². The standard InChI is InChI=1S/C25H18F5N3O3S/c26-24(27)36-19-9-2-1-6-15(19)12-20-22(35)33(17-8-5-7-16(13-17)25(28,29)30)23(37-20)18(14-31)21(34)32-10-3-4-11-32/h1-2,5-9,12-13,24H,3-4,10-11H2/b20-12+,23-18+. The smallest absolute Gasteiger partial charge is 0.416 e. The minimum Gasteiger partial charge on any atom is -0.434 e. The largest absolute Gasteiger partial charge is 0.434 e. The summed E-state index contributed by atoms with van der Waals surface area (Å²) in [5.74, 6) is -0.870. The lowest BCUT2D eigenvalue weighted by Gasteiger charge is -2.14. The molecular formula is C25H18F5N3O3S. The number of hydrogen-bond donors (Lipinski definition) is 0. The zero-order valence-electron chi connectivity index (χ0n) is 19.0. The summed E-state index contributed by atoms with van der Waals surface area (Å²) >= 11 is 0.700. The van der Waals surface area contributed by atoms with E-state index in [2.05, 4.69) is 4.74 Å². The number of para-hydroxylation sites is 1. The van der Waals surface area contributed by atoms with E-state index >= 15 is 0 Å². The number of carbonyl (C=O) groups is 1. The van der Waals surface area contributed by atoms with Crippen molar-refractivity contribution >= 4 is 28.9 Å². The Balaban J connectivity index is 2.03. The van der Waals surface area contributed by atoms with Crippen molar-refractivity contribution in [2.45, 2.75) is 25.6 Å². The highest BCUT2D eigenvalue weighted by molar-refractivity contribution is 7.07. The zero-order chi connectivity index (χ0) is 26.7. The molecule has 0 saturated carbocycles. The second-order valence-corrected chi connectivity index (χ2v) is 9.04. The number of nitriles is 1. The lowest BCUT2D eigenvalue weighted by atomic mass is 10.2. The Morgan fingerprint density at radius 3 is 2.46 bits per heavy atom. The van der Waals surface area contributed by atoms with Gasteiger partial charge in [-0.2, -0.15) is 27.2 Å². The van der Waals surface area contributed by atoms with E-state index in [0.717, 1.165) is 35.6 Å². The molecule has 0 N–H and O–H groups in total. The van der Waals surface area contributed by atoms with E-state index in [1.165, 1.54) is 41.3 Å². The van der Waals surface area contributed by atoms with E-state index in [9.17, 15) is 36.8 Å². The Labute approximate surface area is 210 Å². The Kier molecular flexibility index (Phi) is 7.45. The quantitative estimate of drug-likeness (QED) is 0.468. The summed E-state index contributed by atoms with van der Waals surface area (Å²) < 4.78 is 71.0. The van der Waals surface area contributed by atoms with Crippen LogP contribution in [0.5, 0.6) is 5.75 Å². The monoisotopic (exact) mass is 535 g/mol. The maximum atomic E-state index is 13.5. The predicted molar refractivity (Wildman–Crippen MR) is 126 cm³/mol. The van der Waals surface area contributed by atoms with Gasteiger partial charge in [-0.3, -0.25) is 14.2 Å². The molecule has 0 radical (unpaired) electrons. The minimum atomic E-state index is -4.70. The number of halogens is 5. The summed E-state index contributed by atoms with van der Waals surface area (Å²) in [5, 5.41) is 9.86. The van der Waals surface area contributed by atoms with Crippen LogP contribution in [0.1, 0.15) is 24.0 Å². The van der Waals surface area contributed by atoms with Crippen LogP contribution in [0.15, 0.2) is 53.3 Å². The topological polar surface area (TPSA) is 75.3 Å². The Morgan fingerprint density at radius 1 is 1.11 bits per heavy atom. The molecule has 0 spiro atoms. The number of nitrogens with zero attached hydrogens (tertiary/aromatic N) is 3. The van der Waals surface area contributed by atoms with Gasteiger partial charge in [0.25, 0.3) is 11.5 Å². The molecule has 0 aliphatic carbocycles. The van der Waals surface area contributed by atoms with Crippen molar-refractivity contribution < 1.29 is 31.5 Å². The van der Waals surface area contributed by atoms with Crippen LogP contribution in [-0.2, 0) is 11.0 Å². The van der Waals surface area contributed by atoms with E-state index in [4.69, 9.17) is 0 Å². The highest BCUT2D eigenvalue weighted by Crippen LogP contribution is 2.30. The molecule has 1 aromatic heterocycles. The van der Waals surface area contributed by atoms with Crippen LogP contribution < -0.4 is 19.5 Å². The molecule has 3 aromatic rings. The van der Waals surface area contributed by atoms with Crippen LogP contribution in [-0.4, -0.2) is 35.1 Å². The summed E-state index contributed by atoms with van der Waals surface area (Å²) in [6, 6.07) is 11.4. The molecule has 2 aromatic carbocycles. The van der Waals surface area contributed by atoms with E-state index in [0.29, 0.717) is 24.4 Å². The molecule has 12 heteroatoms. The van der Waals surface area contributed by atoms with Gasteiger partial charge in [-0.1, -0.05) is 24.3 Å². The summed E-state index contributed by atoms with van der Waals surface area (Å²) in [6.07, 6.45) is -2.01. The molecule has 6 nitrogen and oxygen atoms in total. The van der Waals surface area contributed by atoms with Crippen LogP contribution in [0.25, 0.3) is 17.3 Å². The van der Waals surface area contributed by atoms with Crippen molar-refractivity contribution in [2.24, 2.45) is 0 Å². The zero-order valence-corrected chi connectivity index (χ0v) is 19.8. The van der Waals surface area contributed by atoms with Crippen molar-refractivity contribution in [1.29, 1.82) is 5.26 Å². The fourth-order valence-corrected chi connectivity index (χ4v) is 5.00. The molecule has 0 bridgehead atoms. The first kappa shape index (κ1) is 26.1. The van der Waals surface area contributed by atoms with Gasteiger partial charge in [0.2, 0.25) is 0 Å². The molecule has 1 aliphatic heterocycles. The van der Waals surface area contributed by atoms with Gasteiger partial charge in [-0.05, 0) is 43.2 Å². The first-order valence-electron chi connectivity index (χ1n) is 11.0. The number of alkyl halides is 5. The van der Waals surface area contributed by atoms with Crippen molar-refractivity contribution in [3.8, 4) is 17.5 Å². The average molecular weight is 535 g/mol. The van der Waals surface area contributed by atoms with E-state index in [-0.39, 0.29) is 26.2 Å². The average Bonchev–Trinajstić information content (AvgIpc) is 3.49. The minimum absolute atomic E-state index is 0.0975. The third-order valence-corrected chi connectivity index (χ3v) is 6.70. The van der Waals surface area contributed by atoms with E-state index in [1.807, 2.05) is 6.07 Å². The molecule has 192 valence electrons. The van der Waals surface area contributed by atoms with Crippen molar-refractivity contribution in [2.75, 3.05) is 13.1 Å². The Bertz CT molecular complexity index is 1550. The first-order chi connectivity index (χ1) is 17.6. The number of thiazole rings is 1. The highest BCUT2D eigenvalue weighted by atomic mass is 32.1. The summed E-state index contributed by atoms with van der Waals surface area (Å²) in [5.41, 5.74) is -2.36. The Morgan fingerprint density at radius 2 is 1.81 bits per heavy atom. The molecule has 1 aliphatic rings. The summed E-state index contributed by atoms with van der Waals surface area (Å²) in [7, 11) is 0. The molecule has 1 saturated heterocycles. The molecule has 1 fully saturated rings. The fraction of sp³-hybridized carbons (Fsp3) is 0.240. The molecule has 4 rings (SSSR count). The van der Waals surface area contributed by atoms with Crippen molar-refractivity contribution in [3.63, 3.8) is 0 Å².